The highest BCUT2D eigenvalue weighted by atomic mass is 16.5. The predicted molar refractivity (Wildman–Crippen MR) is 77.9 cm³/mol. The molecule has 106 valence electrons. The van der Waals surface area contributed by atoms with Gasteiger partial charge in [-0.1, -0.05) is 6.92 Å². The molecule has 1 aliphatic rings. The monoisotopic (exact) mass is 264 g/mol. The molecule has 1 heterocycles. The Labute approximate surface area is 115 Å². The summed E-state index contributed by atoms with van der Waals surface area (Å²) < 4.78 is 5.06. The largest absolute Gasteiger partial charge is 0.504 e. The maximum absolute atomic E-state index is 9.81. The fraction of sp³-hybridized carbons (Fsp3) is 0.600. The molecule has 1 aromatic rings. The Kier molecular flexibility index (Phi) is 4.20. The molecule has 1 aliphatic heterocycles. The van der Waals surface area contributed by atoms with E-state index in [1.165, 1.54) is 0 Å². The van der Waals surface area contributed by atoms with E-state index >= 15 is 0 Å². The lowest BCUT2D eigenvalue weighted by Gasteiger charge is -2.40. The van der Waals surface area contributed by atoms with Gasteiger partial charge in [-0.05, 0) is 38.4 Å². The van der Waals surface area contributed by atoms with Gasteiger partial charge in [-0.25, -0.2) is 0 Å². The van der Waals surface area contributed by atoms with E-state index < -0.39 is 0 Å². The van der Waals surface area contributed by atoms with Crippen LogP contribution in [-0.4, -0.2) is 42.8 Å². The quantitative estimate of drug-likeness (QED) is 0.880. The number of benzene rings is 1. The molecule has 2 N–H and O–H groups in total. The summed E-state index contributed by atoms with van der Waals surface area (Å²) in [5, 5.41) is 13.3. The van der Waals surface area contributed by atoms with E-state index in [0.29, 0.717) is 23.8 Å². The van der Waals surface area contributed by atoms with Crippen molar-refractivity contribution >= 4 is 5.69 Å². The third kappa shape index (κ3) is 3.13. The number of hydrogen-bond acceptors (Lipinski definition) is 4. The smallest absolute Gasteiger partial charge is 0.160 e. The fourth-order valence-electron chi connectivity index (χ4n) is 2.74. The van der Waals surface area contributed by atoms with Gasteiger partial charge >= 0.3 is 0 Å². The van der Waals surface area contributed by atoms with Crippen molar-refractivity contribution in [3.05, 3.63) is 18.2 Å². The van der Waals surface area contributed by atoms with E-state index in [9.17, 15) is 5.11 Å². The van der Waals surface area contributed by atoms with Crippen LogP contribution in [0.1, 0.15) is 20.3 Å². The van der Waals surface area contributed by atoms with Gasteiger partial charge in [0.15, 0.2) is 11.5 Å². The minimum absolute atomic E-state index is 0.182. The van der Waals surface area contributed by atoms with Gasteiger partial charge in [0.25, 0.3) is 0 Å². The Balaban J connectivity index is 2.06. The molecule has 0 amide bonds. The van der Waals surface area contributed by atoms with Crippen molar-refractivity contribution in [1.82, 2.24) is 4.90 Å². The second kappa shape index (κ2) is 5.70. The van der Waals surface area contributed by atoms with E-state index in [-0.39, 0.29) is 5.75 Å². The van der Waals surface area contributed by atoms with Crippen LogP contribution in [0.4, 0.5) is 5.69 Å². The highest BCUT2D eigenvalue weighted by Gasteiger charge is 2.28. The molecule has 1 saturated heterocycles. The summed E-state index contributed by atoms with van der Waals surface area (Å²) in [6.07, 6.45) is 1.12. The average Bonchev–Trinajstić information content (AvgIpc) is 2.36. The molecule has 3 unspecified atom stereocenters. The van der Waals surface area contributed by atoms with E-state index in [2.05, 4.69) is 31.1 Å². The lowest BCUT2D eigenvalue weighted by molar-refractivity contribution is 0.145. The first kappa shape index (κ1) is 14.0. The first-order valence-corrected chi connectivity index (χ1v) is 6.85. The zero-order valence-corrected chi connectivity index (χ0v) is 12.2. The van der Waals surface area contributed by atoms with Gasteiger partial charge in [-0.2, -0.15) is 0 Å². The number of phenols is 1. The zero-order valence-electron chi connectivity index (χ0n) is 12.2. The Morgan fingerprint density at radius 1 is 1.37 bits per heavy atom. The molecule has 0 spiro atoms. The van der Waals surface area contributed by atoms with Crippen LogP contribution in [0.2, 0.25) is 0 Å². The molecule has 1 fully saturated rings. The number of nitrogens with zero attached hydrogens (tertiary/aromatic N) is 1. The molecule has 0 bridgehead atoms. The van der Waals surface area contributed by atoms with E-state index in [1.54, 1.807) is 19.2 Å². The topological polar surface area (TPSA) is 44.7 Å². The van der Waals surface area contributed by atoms with Gasteiger partial charge in [0.1, 0.15) is 0 Å². The number of aromatic hydroxyl groups is 1. The summed E-state index contributed by atoms with van der Waals surface area (Å²) in [5.74, 6) is 1.28. The lowest BCUT2D eigenvalue weighted by atomic mass is 9.89. The third-order valence-electron chi connectivity index (χ3n) is 4.14. The molecule has 3 atom stereocenters. The number of methoxy groups -OCH3 is 1. The van der Waals surface area contributed by atoms with Crippen LogP contribution in [-0.2, 0) is 0 Å². The van der Waals surface area contributed by atoms with Gasteiger partial charge in [0.05, 0.1) is 7.11 Å². The normalized spacial score (nSPS) is 28.1. The maximum atomic E-state index is 9.81. The first-order chi connectivity index (χ1) is 9.01. The van der Waals surface area contributed by atoms with Gasteiger partial charge in [-0.15, -0.1) is 0 Å². The Morgan fingerprint density at radius 2 is 2.11 bits per heavy atom. The number of piperidine rings is 1. The minimum Gasteiger partial charge on any atom is -0.504 e. The second-order valence-electron chi connectivity index (χ2n) is 5.64. The Bertz CT molecular complexity index is 436. The average molecular weight is 264 g/mol. The van der Waals surface area contributed by atoms with Crippen molar-refractivity contribution in [2.45, 2.75) is 32.4 Å². The number of phenolic OH excluding ortho intramolecular Hbond substituents is 1. The third-order valence-corrected chi connectivity index (χ3v) is 4.14. The number of nitrogens with one attached hydrogen (secondary N) is 1. The van der Waals surface area contributed by atoms with Gasteiger partial charge < -0.3 is 20.1 Å². The first-order valence-electron chi connectivity index (χ1n) is 6.85. The molecule has 0 aromatic heterocycles. The number of anilines is 1. The Morgan fingerprint density at radius 3 is 2.74 bits per heavy atom. The number of rotatable bonds is 3. The van der Waals surface area contributed by atoms with Crippen molar-refractivity contribution < 1.29 is 9.84 Å². The summed E-state index contributed by atoms with van der Waals surface area (Å²) in [4.78, 5) is 2.40. The molecule has 4 heteroatoms. The van der Waals surface area contributed by atoms with Crippen LogP contribution < -0.4 is 10.1 Å². The summed E-state index contributed by atoms with van der Waals surface area (Å²) in [6, 6.07) is 6.50. The van der Waals surface area contributed by atoms with Gasteiger partial charge in [-0.3, -0.25) is 0 Å². The highest BCUT2D eigenvalue weighted by Crippen LogP contribution is 2.30. The van der Waals surface area contributed by atoms with E-state index in [0.717, 1.165) is 18.7 Å². The lowest BCUT2D eigenvalue weighted by Crippen LogP contribution is -2.48. The minimum atomic E-state index is 0.182. The summed E-state index contributed by atoms with van der Waals surface area (Å²) >= 11 is 0. The molecule has 1 aromatic carbocycles. The van der Waals surface area contributed by atoms with Crippen LogP contribution >= 0.6 is 0 Å². The number of likely N-dealkylation sites (tertiary alicyclic amines) is 1. The molecule has 0 saturated carbocycles. The Hall–Kier alpha value is -1.42. The standard InChI is InChI=1S/C15H24N2O2/c1-10-9-17(3)11(2)7-13(10)16-12-5-6-15(19-4)14(18)8-12/h5-6,8,10-11,13,16,18H,7,9H2,1-4H3. The van der Waals surface area contributed by atoms with Crippen molar-refractivity contribution in [2.24, 2.45) is 5.92 Å². The molecular weight excluding hydrogens is 240 g/mol. The summed E-state index contributed by atoms with van der Waals surface area (Å²) in [7, 11) is 3.74. The van der Waals surface area contributed by atoms with Crippen LogP contribution in [0.5, 0.6) is 11.5 Å². The molecule has 4 nitrogen and oxygen atoms in total. The predicted octanol–water partition coefficient (Wildman–Crippen LogP) is 2.54. The number of hydrogen-bond donors (Lipinski definition) is 2. The zero-order chi connectivity index (χ0) is 14.0. The second-order valence-corrected chi connectivity index (χ2v) is 5.64. The van der Waals surface area contributed by atoms with Crippen molar-refractivity contribution in [3.63, 3.8) is 0 Å². The van der Waals surface area contributed by atoms with Crippen LogP contribution in [0.15, 0.2) is 18.2 Å². The van der Waals surface area contributed by atoms with Crippen molar-refractivity contribution in [2.75, 3.05) is 26.0 Å². The van der Waals surface area contributed by atoms with Gasteiger partial charge in [0.2, 0.25) is 0 Å². The number of ether oxygens (including phenoxy) is 1. The van der Waals surface area contributed by atoms with E-state index in [1.807, 2.05) is 6.07 Å². The molecular formula is C15H24N2O2. The van der Waals surface area contributed by atoms with Crippen molar-refractivity contribution in [3.8, 4) is 11.5 Å². The summed E-state index contributed by atoms with van der Waals surface area (Å²) in [5.41, 5.74) is 0.951. The van der Waals surface area contributed by atoms with Gasteiger partial charge in [0, 0.05) is 30.4 Å². The molecule has 19 heavy (non-hydrogen) atoms. The SMILES string of the molecule is COc1ccc(NC2CC(C)N(C)CC2C)cc1O. The summed E-state index contributed by atoms with van der Waals surface area (Å²) in [6.45, 7) is 5.62. The van der Waals surface area contributed by atoms with Crippen LogP contribution in [0, 0.1) is 5.92 Å². The molecule has 0 aliphatic carbocycles. The van der Waals surface area contributed by atoms with Crippen molar-refractivity contribution in [1.29, 1.82) is 0 Å². The highest BCUT2D eigenvalue weighted by molar-refractivity contribution is 5.54. The maximum Gasteiger partial charge on any atom is 0.160 e. The molecule has 0 radical (unpaired) electrons. The molecule has 2 rings (SSSR count). The fourth-order valence-corrected chi connectivity index (χ4v) is 2.74. The van der Waals surface area contributed by atoms with Crippen LogP contribution in [0.3, 0.4) is 0 Å². The van der Waals surface area contributed by atoms with E-state index in [4.69, 9.17) is 4.74 Å². The van der Waals surface area contributed by atoms with Crippen LogP contribution in [0.25, 0.3) is 0 Å².